The molecule has 1 atom stereocenters. The standard InChI is InChI=1S/C14H13Cl3N2O/c1-8(18)4-9-2-3-14(19-7-9)20-13-6-11(16)10(15)5-12(13)17/h2-3,5-8H,4,18H2,1H3. The van der Waals surface area contributed by atoms with Gasteiger partial charge in [0.25, 0.3) is 0 Å². The second-order valence-corrected chi connectivity index (χ2v) is 5.71. The number of pyridine rings is 1. The minimum absolute atomic E-state index is 0.0908. The van der Waals surface area contributed by atoms with Crippen molar-refractivity contribution in [2.45, 2.75) is 19.4 Å². The van der Waals surface area contributed by atoms with Gasteiger partial charge in [-0.25, -0.2) is 4.98 Å². The van der Waals surface area contributed by atoms with Gasteiger partial charge in [-0.3, -0.25) is 0 Å². The molecule has 6 heteroatoms. The lowest BCUT2D eigenvalue weighted by atomic mass is 10.1. The summed E-state index contributed by atoms with van der Waals surface area (Å²) in [5, 5.41) is 1.13. The van der Waals surface area contributed by atoms with E-state index in [-0.39, 0.29) is 6.04 Å². The lowest BCUT2D eigenvalue weighted by Gasteiger charge is -2.09. The molecule has 0 radical (unpaired) electrons. The monoisotopic (exact) mass is 330 g/mol. The molecule has 3 nitrogen and oxygen atoms in total. The van der Waals surface area contributed by atoms with E-state index >= 15 is 0 Å². The molecule has 1 aromatic carbocycles. The fraction of sp³-hybridized carbons (Fsp3) is 0.214. The molecule has 0 aliphatic rings. The quantitative estimate of drug-likeness (QED) is 0.824. The smallest absolute Gasteiger partial charge is 0.219 e. The van der Waals surface area contributed by atoms with Gasteiger partial charge in [-0.1, -0.05) is 40.9 Å². The minimum Gasteiger partial charge on any atom is -0.437 e. The minimum atomic E-state index is 0.0908. The van der Waals surface area contributed by atoms with Gasteiger partial charge in [0, 0.05) is 24.4 Å². The Balaban J connectivity index is 2.16. The maximum atomic E-state index is 6.04. The van der Waals surface area contributed by atoms with Crippen LogP contribution in [0, 0.1) is 0 Å². The van der Waals surface area contributed by atoms with Crippen molar-refractivity contribution < 1.29 is 4.74 Å². The summed E-state index contributed by atoms with van der Waals surface area (Å²) in [5.41, 5.74) is 6.78. The number of nitrogens with zero attached hydrogens (tertiary/aromatic N) is 1. The summed E-state index contributed by atoms with van der Waals surface area (Å²) in [7, 11) is 0. The third kappa shape index (κ3) is 4.00. The van der Waals surface area contributed by atoms with Crippen LogP contribution in [0.25, 0.3) is 0 Å². The van der Waals surface area contributed by atoms with E-state index in [1.54, 1.807) is 18.3 Å². The van der Waals surface area contributed by atoms with E-state index < -0.39 is 0 Å². The Morgan fingerprint density at radius 1 is 1.15 bits per heavy atom. The third-order valence-corrected chi connectivity index (χ3v) is 3.56. The summed E-state index contributed by atoms with van der Waals surface area (Å²) in [4.78, 5) is 4.21. The van der Waals surface area contributed by atoms with Crippen LogP contribution in [-0.2, 0) is 6.42 Å². The Bertz CT molecular complexity index is 600. The van der Waals surface area contributed by atoms with Gasteiger partial charge in [-0.2, -0.15) is 0 Å². The lowest BCUT2D eigenvalue weighted by Crippen LogP contribution is -2.17. The molecule has 0 aliphatic heterocycles. The molecule has 2 aromatic rings. The number of hydrogen-bond acceptors (Lipinski definition) is 3. The van der Waals surface area contributed by atoms with Gasteiger partial charge < -0.3 is 10.5 Å². The average Bonchev–Trinajstić information content (AvgIpc) is 2.37. The first-order valence-corrected chi connectivity index (χ1v) is 7.12. The maximum Gasteiger partial charge on any atom is 0.219 e. The molecule has 2 rings (SSSR count). The summed E-state index contributed by atoms with van der Waals surface area (Å²) in [5.74, 6) is 0.840. The van der Waals surface area contributed by atoms with Crippen molar-refractivity contribution in [3.8, 4) is 11.6 Å². The van der Waals surface area contributed by atoms with E-state index in [1.807, 2.05) is 13.0 Å². The molecule has 1 unspecified atom stereocenters. The Labute approximate surface area is 132 Å². The van der Waals surface area contributed by atoms with Crippen LogP contribution >= 0.6 is 34.8 Å². The molecule has 0 fully saturated rings. The maximum absolute atomic E-state index is 6.04. The Hall–Kier alpha value is -1.000. The van der Waals surface area contributed by atoms with Crippen LogP contribution in [-0.4, -0.2) is 11.0 Å². The summed E-state index contributed by atoms with van der Waals surface area (Å²) in [6.45, 7) is 1.94. The van der Waals surface area contributed by atoms with Crippen LogP contribution in [0.1, 0.15) is 12.5 Å². The highest BCUT2D eigenvalue weighted by Gasteiger charge is 2.09. The van der Waals surface area contributed by atoms with Crippen molar-refractivity contribution in [3.05, 3.63) is 51.1 Å². The second-order valence-electron chi connectivity index (χ2n) is 4.48. The van der Waals surface area contributed by atoms with E-state index in [0.29, 0.717) is 26.7 Å². The van der Waals surface area contributed by atoms with Crippen molar-refractivity contribution in [2.75, 3.05) is 0 Å². The molecule has 1 aromatic heterocycles. The zero-order chi connectivity index (χ0) is 14.7. The third-order valence-electron chi connectivity index (χ3n) is 2.54. The summed E-state index contributed by atoms with van der Waals surface area (Å²) >= 11 is 17.8. The zero-order valence-electron chi connectivity index (χ0n) is 10.7. The SMILES string of the molecule is CC(N)Cc1ccc(Oc2cc(Cl)c(Cl)cc2Cl)nc1. The molecule has 2 N–H and O–H groups in total. The van der Waals surface area contributed by atoms with Crippen molar-refractivity contribution in [2.24, 2.45) is 5.73 Å². The average molecular weight is 332 g/mol. The number of hydrogen-bond donors (Lipinski definition) is 1. The van der Waals surface area contributed by atoms with E-state index in [1.165, 1.54) is 6.07 Å². The van der Waals surface area contributed by atoms with Gasteiger partial charge in [0.05, 0.1) is 15.1 Å². The highest BCUT2D eigenvalue weighted by molar-refractivity contribution is 6.43. The molecule has 106 valence electrons. The predicted octanol–water partition coefficient (Wildman–Crippen LogP) is 4.72. The molecular weight excluding hydrogens is 319 g/mol. The summed E-state index contributed by atoms with van der Waals surface area (Å²) in [6, 6.07) is 6.86. The summed E-state index contributed by atoms with van der Waals surface area (Å²) < 4.78 is 5.59. The molecule has 0 spiro atoms. The molecule has 0 amide bonds. The summed E-state index contributed by atoms with van der Waals surface area (Å²) in [6.07, 6.45) is 2.49. The topological polar surface area (TPSA) is 48.1 Å². The molecular formula is C14H13Cl3N2O. The first kappa shape index (κ1) is 15.4. The number of rotatable bonds is 4. The van der Waals surface area contributed by atoms with Gasteiger partial charge in [0.15, 0.2) is 0 Å². The van der Waals surface area contributed by atoms with Gasteiger partial charge in [-0.05, 0) is 25.0 Å². The first-order chi connectivity index (χ1) is 9.45. The van der Waals surface area contributed by atoms with Gasteiger partial charge >= 0.3 is 0 Å². The normalized spacial score (nSPS) is 12.2. The molecule has 1 heterocycles. The number of ether oxygens (including phenoxy) is 1. The molecule has 0 aliphatic carbocycles. The Kier molecular flexibility index (Phi) is 5.11. The molecule has 0 saturated heterocycles. The van der Waals surface area contributed by atoms with E-state index in [9.17, 15) is 0 Å². The Morgan fingerprint density at radius 2 is 1.85 bits per heavy atom. The van der Waals surface area contributed by atoms with Crippen molar-refractivity contribution in [1.82, 2.24) is 4.98 Å². The number of aromatic nitrogens is 1. The van der Waals surface area contributed by atoms with Gasteiger partial charge in [0.2, 0.25) is 5.88 Å². The van der Waals surface area contributed by atoms with Crippen LogP contribution in [0.2, 0.25) is 15.1 Å². The van der Waals surface area contributed by atoms with Gasteiger partial charge in [-0.15, -0.1) is 0 Å². The second kappa shape index (κ2) is 6.64. The fourth-order valence-corrected chi connectivity index (χ4v) is 2.23. The number of benzene rings is 1. The molecule has 0 bridgehead atoms. The van der Waals surface area contributed by atoms with Crippen LogP contribution in [0.15, 0.2) is 30.5 Å². The zero-order valence-corrected chi connectivity index (χ0v) is 13.0. The van der Waals surface area contributed by atoms with Crippen LogP contribution < -0.4 is 10.5 Å². The van der Waals surface area contributed by atoms with Crippen molar-refractivity contribution in [1.29, 1.82) is 0 Å². The number of halogens is 3. The lowest BCUT2D eigenvalue weighted by molar-refractivity contribution is 0.462. The van der Waals surface area contributed by atoms with E-state index in [0.717, 1.165) is 12.0 Å². The van der Waals surface area contributed by atoms with Crippen LogP contribution in [0.5, 0.6) is 11.6 Å². The van der Waals surface area contributed by atoms with E-state index in [4.69, 9.17) is 45.3 Å². The van der Waals surface area contributed by atoms with Crippen LogP contribution in [0.3, 0.4) is 0 Å². The first-order valence-electron chi connectivity index (χ1n) is 5.98. The Morgan fingerprint density at radius 3 is 2.45 bits per heavy atom. The predicted molar refractivity (Wildman–Crippen MR) is 83.1 cm³/mol. The molecule has 0 saturated carbocycles. The number of nitrogens with two attached hydrogens (primary N) is 1. The molecule has 20 heavy (non-hydrogen) atoms. The van der Waals surface area contributed by atoms with Gasteiger partial charge in [0.1, 0.15) is 5.75 Å². The van der Waals surface area contributed by atoms with Crippen LogP contribution in [0.4, 0.5) is 0 Å². The van der Waals surface area contributed by atoms with Crippen molar-refractivity contribution >= 4 is 34.8 Å². The highest BCUT2D eigenvalue weighted by Crippen LogP contribution is 2.35. The fourth-order valence-electron chi connectivity index (χ4n) is 1.66. The largest absolute Gasteiger partial charge is 0.437 e. The van der Waals surface area contributed by atoms with E-state index in [2.05, 4.69) is 4.98 Å². The highest BCUT2D eigenvalue weighted by atomic mass is 35.5. The van der Waals surface area contributed by atoms with Crippen molar-refractivity contribution in [3.63, 3.8) is 0 Å².